The molecule has 1 unspecified atom stereocenters. The molecule has 0 aliphatic rings. The lowest BCUT2D eigenvalue weighted by Crippen LogP contribution is -2.24. The van der Waals surface area contributed by atoms with Crippen molar-refractivity contribution in [1.82, 2.24) is 5.32 Å². The maximum atomic E-state index is 13.4. The van der Waals surface area contributed by atoms with E-state index in [0.717, 1.165) is 12.0 Å². The molecule has 0 aliphatic carbocycles. The third kappa shape index (κ3) is 4.29. The highest BCUT2D eigenvalue weighted by Gasteiger charge is 2.07. The summed E-state index contributed by atoms with van der Waals surface area (Å²) in [5.41, 5.74) is 1.37. The van der Waals surface area contributed by atoms with Gasteiger partial charge in [0.25, 0.3) is 0 Å². The van der Waals surface area contributed by atoms with Crippen LogP contribution < -0.4 is 5.32 Å². The normalized spacial score (nSPS) is 12.2. The molecule has 0 radical (unpaired) electrons. The molecule has 1 N–H and O–H groups in total. The lowest BCUT2D eigenvalue weighted by Gasteiger charge is -2.09. The Labute approximate surface area is 113 Å². The number of nitrogens with zero attached hydrogens (tertiary/aromatic N) is 1. The molecule has 0 aromatic heterocycles. The molecule has 0 saturated heterocycles. The maximum Gasteiger partial charge on any atom is 0.126 e. The van der Waals surface area contributed by atoms with Crippen molar-refractivity contribution in [3.05, 3.63) is 34.1 Å². The molecule has 2 nitrogen and oxygen atoms in total. The summed E-state index contributed by atoms with van der Waals surface area (Å²) in [6.07, 6.45) is 1.50. The molecule has 1 atom stereocenters. The van der Waals surface area contributed by atoms with E-state index in [1.54, 1.807) is 13.0 Å². The van der Waals surface area contributed by atoms with Crippen molar-refractivity contribution < 1.29 is 4.39 Å². The Hall–Kier alpha value is -1.11. The Morgan fingerprint density at radius 1 is 1.50 bits per heavy atom. The van der Waals surface area contributed by atoms with E-state index in [2.05, 4.69) is 11.4 Å². The molecule has 0 bridgehead atoms. The van der Waals surface area contributed by atoms with Crippen LogP contribution in [0, 0.1) is 30.0 Å². The predicted octanol–water partition coefficient (Wildman–Crippen LogP) is 3.47. The van der Waals surface area contributed by atoms with Gasteiger partial charge in [0.1, 0.15) is 5.82 Å². The molecule has 0 amide bonds. The Balaban J connectivity index is 2.45. The van der Waals surface area contributed by atoms with Crippen LogP contribution in [0.5, 0.6) is 0 Å². The minimum absolute atomic E-state index is 0.0372. The summed E-state index contributed by atoms with van der Waals surface area (Å²) in [7, 11) is 0. The van der Waals surface area contributed by atoms with Gasteiger partial charge in [-0.1, -0.05) is 18.5 Å². The Morgan fingerprint density at radius 2 is 2.22 bits per heavy atom. The van der Waals surface area contributed by atoms with Crippen molar-refractivity contribution in [3.8, 4) is 6.07 Å². The lowest BCUT2D eigenvalue weighted by atomic mass is 10.1. The molecule has 98 valence electrons. The molecular weight excluding hydrogens is 251 g/mol. The van der Waals surface area contributed by atoms with Gasteiger partial charge in [0.2, 0.25) is 0 Å². The summed E-state index contributed by atoms with van der Waals surface area (Å²) in [4.78, 5) is 0. The van der Waals surface area contributed by atoms with Crippen LogP contribution in [0.25, 0.3) is 0 Å². The largest absolute Gasteiger partial charge is 0.315 e. The van der Waals surface area contributed by atoms with Gasteiger partial charge < -0.3 is 5.32 Å². The smallest absolute Gasteiger partial charge is 0.126 e. The zero-order chi connectivity index (χ0) is 13.5. The quantitative estimate of drug-likeness (QED) is 0.802. The minimum atomic E-state index is -0.224. The van der Waals surface area contributed by atoms with Crippen molar-refractivity contribution >= 4 is 11.6 Å². The van der Waals surface area contributed by atoms with E-state index in [-0.39, 0.29) is 11.7 Å². The fourth-order valence-corrected chi connectivity index (χ4v) is 1.97. The molecule has 1 aromatic carbocycles. The molecule has 0 spiro atoms. The standard InChI is InChI=1S/C14H18ClFN2/c1-3-11(8-17)9-18-5-4-12-7-14(16)10(2)6-13(12)15/h6-7,11,18H,3-5,9H2,1-2H3. The van der Waals surface area contributed by atoms with Gasteiger partial charge in [-0.2, -0.15) is 5.26 Å². The SMILES string of the molecule is CCC(C#N)CNCCc1cc(F)c(C)cc1Cl. The van der Waals surface area contributed by atoms with E-state index < -0.39 is 0 Å². The zero-order valence-corrected chi connectivity index (χ0v) is 11.5. The topological polar surface area (TPSA) is 35.8 Å². The molecule has 0 aliphatic heterocycles. The Kier molecular flexibility index (Phi) is 6.11. The van der Waals surface area contributed by atoms with Gasteiger partial charge in [-0.3, -0.25) is 0 Å². The highest BCUT2D eigenvalue weighted by molar-refractivity contribution is 6.31. The number of rotatable bonds is 6. The van der Waals surface area contributed by atoms with Crippen LogP contribution in [-0.4, -0.2) is 13.1 Å². The fraction of sp³-hybridized carbons (Fsp3) is 0.500. The monoisotopic (exact) mass is 268 g/mol. The second-order valence-electron chi connectivity index (χ2n) is 4.38. The van der Waals surface area contributed by atoms with E-state index in [9.17, 15) is 4.39 Å². The lowest BCUT2D eigenvalue weighted by molar-refractivity contribution is 0.554. The minimum Gasteiger partial charge on any atom is -0.315 e. The second-order valence-corrected chi connectivity index (χ2v) is 4.79. The third-order valence-corrected chi connectivity index (χ3v) is 3.32. The first-order valence-corrected chi connectivity index (χ1v) is 6.51. The van der Waals surface area contributed by atoms with E-state index in [1.807, 2.05) is 6.92 Å². The van der Waals surface area contributed by atoms with Gasteiger partial charge in [-0.25, -0.2) is 4.39 Å². The van der Waals surface area contributed by atoms with Gasteiger partial charge in [0.15, 0.2) is 0 Å². The number of hydrogen-bond donors (Lipinski definition) is 1. The van der Waals surface area contributed by atoms with E-state index >= 15 is 0 Å². The summed E-state index contributed by atoms with van der Waals surface area (Å²) in [6.45, 7) is 5.04. The Bertz CT molecular complexity index is 440. The molecule has 0 heterocycles. The van der Waals surface area contributed by atoms with E-state index in [0.29, 0.717) is 30.1 Å². The molecular formula is C14H18ClFN2. The van der Waals surface area contributed by atoms with Crippen molar-refractivity contribution in [2.24, 2.45) is 5.92 Å². The first-order valence-electron chi connectivity index (χ1n) is 6.13. The summed E-state index contributed by atoms with van der Waals surface area (Å²) in [5.74, 6) is -0.187. The molecule has 1 aromatic rings. The van der Waals surface area contributed by atoms with Crippen molar-refractivity contribution in [1.29, 1.82) is 5.26 Å². The summed E-state index contributed by atoms with van der Waals surface area (Å²) in [6, 6.07) is 5.37. The summed E-state index contributed by atoms with van der Waals surface area (Å²) >= 11 is 6.05. The first-order chi connectivity index (χ1) is 8.58. The van der Waals surface area contributed by atoms with Crippen LogP contribution in [0.15, 0.2) is 12.1 Å². The van der Waals surface area contributed by atoms with E-state index in [1.165, 1.54) is 6.07 Å². The molecule has 0 saturated carbocycles. The van der Waals surface area contributed by atoms with Crippen LogP contribution in [0.2, 0.25) is 5.02 Å². The van der Waals surface area contributed by atoms with Crippen molar-refractivity contribution in [2.75, 3.05) is 13.1 Å². The fourth-order valence-electron chi connectivity index (χ4n) is 1.66. The van der Waals surface area contributed by atoms with Gasteiger partial charge >= 0.3 is 0 Å². The predicted molar refractivity (Wildman–Crippen MR) is 72.1 cm³/mol. The van der Waals surface area contributed by atoms with Gasteiger partial charge in [-0.15, -0.1) is 0 Å². The molecule has 18 heavy (non-hydrogen) atoms. The third-order valence-electron chi connectivity index (χ3n) is 2.96. The van der Waals surface area contributed by atoms with Crippen LogP contribution in [0.4, 0.5) is 4.39 Å². The maximum absolute atomic E-state index is 13.4. The van der Waals surface area contributed by atoms with Crippen LogP contribution in [0.3, 0.4) is 0 Å². The van der Waals surface area contributed by atoms with Crippen LogP contribution in [-0.2, 0) is 6.42 Å². The van der Waals surface area contributed by atoms with E-state index in [4.69, 9.17) is 16.9 Å². The van der Waals surface area contributed by atoms with Gasteiger partial charge in [0.05, 0.1) is 12.0 Å². The summed E-state index contributed by atoms with van der Waals surface area (Å²) in [5, 5.41) is 12.6. The molecule has 0 fully saturated rings. The number of hydrogen-bond acceptors (Lipinski definition) is 2. The first kappa shape index (κ1) is 14.9. The second kappa shape index (κ2) is 7.35. The van der Waals surface area contributed by atoms with Gasteiger partial charge in [-0.05, 0) is 49.6 Å². The number of benzene rings is 1. The van der Waals surface area contributed by atoms with Crippen LogP contribution >= 0.6 is 11.6 Å². The average molecular weight is 269 g/mol. The highest BCUT2D eigenvalue weighted by atomic mass is 35.5. The Morgan fingerprint density at radius 3 is 2.83 bits per heavy atom. The zero-order valence-electron chi connectivity index (χ0n) is 10.8. The molecule has 4 heteroatoms. The van der Waals surface area contributed by atoms with Crippen molar-refractivity contribution in [2.45, 2.75) is 26.7 Å². The van der Waals surface area contributed by atoms with Crippen molar-refractivity contribution in [3.63, 3.8) is 0 Å². The number of nitrogens with one attached hydrogen (secondary N) is 1. The molecule has 1 rings (SSSR count). The van der Waals surface area contributed by atoms with Crippen LogP contribution in [0.1, 0.15) is 24.5 Å². The summed E-state index contributed by atoms with van der Waals surface area (Å²) < 4.78 is 13.4. The number of halogens is 2. The highest BCUT2D eigenvalue weighted by Crippen LogP contribution is 2.20. The average Bonchev–Trinajstić information content (AvgIpc) is 2.35. The number of nitriles is 1. The number of aryl methyl sites for hydroxylation is 1. The van der Waals surface area contributed by atoms with Gasteiger partial charge in [0, 0.05) is 11.6 Å².